The van der Waals surface area contributed by atoms with Gasteiger partial charge in [-0.25, -0.2) is 0 Å². The van der Waals surface area contributed by atoms with Crippen molar-refractivity contribution in [1.82, 2.24) is 0 Å². The second-order valence-corrected chi connectivity index (χ2v) is 7.07. The molecule has 1 amide bonds. The van der Waals surface area contributed by atoms with Gasteiger partial charge in [0.1, 0.15) is 0 Å². The van der Waals surface area contributed by atoms with Gasteiger partial charge in [0.15, 0.2) is 0 Å². The monoisotopic (exact) mass is 331 g/mol. The Balaban J connectivity index is 1.85. The lowest BCUT2D eigenvalue weighted by Crippen LogP contribution is -2.14. The van der Waals surface area contributed by atoms with Gasteiger partial charge < -0.3 is 5.32 Å². The minimum Gasteiger partial charge on any atom is -0.324 e. The van der Waals surface area contributed by atoms with Gasteiger partial charge in [0.05, 0.1) is 11.4 Å². The normalized spacial score (nSPS) is 10.5. The van der Waals surface area contributed by atoms with Crippen LogP contribution >= 0.6 is 23.5 Å². The smallest absolute Gasteiger partial charge is 0.234 e. The molecule has 0 saturated carbocycles. The molecule has 2 nitrogen and oxygen atoms in total. The number of carbonyl (C=O) groups excluding carboxylic acids is 1. The van der Waals surface area contributed by atoms with Crippen molar-refractivity contribution in [3.63, 3.8) is 0 Å². The summed E-state index contributed by atoms with van der Waals surface area (Å²) >= 11 is 3.29. The fraction of sp³-hybridized carbons (Fsp3) is 0.278. The lowest BCUT2D eigenvalue weighted by Gasteiger charge is -2.09. The van der Waals surface area contributed by atoms with E-state index in [0.29, 0.717) is 5.75 Å². The van der Waals surface area contributed by atoms with E-state index in [2.05, 4.69) is 37.4 Å². The van der Waals surface area contributed by atoms with E-state index in [0.717, 1.165) is 16.3 Å². The third kappa shape index (κ3) is 5.11. The minimum absolute atomic E-state index is 0.0517. The van der Waals surface area contributed by atoms with Crippen LogP contribution in [0.1, 0.15) is 16.7 Å². The Morgan fingerprint density at radius 3 is 2.45 bits per heavy atom. The molecular weight excluding hydrogens is 310 g/mol. The first-order valence-corrected chi connectivity index (χ1v) is 9.54. The van der Waals surface area contributed by atoms with Crippen molar-refractivity contribution in [3.8, 4) is 0 Å². The van der Waals surface area contributed by atoms with Gasteiger partial charge in [0.2, 0.25) is 5.91 Å². The quantitative estimate of drug-likeness (QED) is 0.764. The number of hydrogen-bond acceptors (Lipinski definition) is 3. The van der Waals surface area contributed by atoms with Gasteiger partial charge in [0.25, 0.3) is 0 Å². The molecule has 0 fully saturated rings. The topological polar surface area (TPSA) is 29.1 Å². The first kappa shape index (κ1) is 17.0. The number of benzene rings is 2. The SMILES string of the molecule is CSc1ccccc1NC(=O)CSCc1cc(C)cc(C)c1. The number of anilines is 1. The Morgan fingerprint density at radius 2 is 1.77 bits per heavy atom. The summed E-state index contributed by atoms with van der Waals surface area (Å²) in [5.74, 6) is 1.38. The van der Waals surface area contributed by atoms with E-state index in [4.69, 9.17) is 0 Å². The zero-order chi connectivity index (χ0) is 15.9. The molecule has 0 heterocycles. The van der Waals surface area contributed by atoms with Crippen LogP contribution in [0.2, 0.25) is 0 Å². The number of amides is 1. The van der Waals surface area contributed by atoms with E-state index in [1.807, 2.05) is 30.5 Å². The molecule has 116 valence electrons. The molecule has 0 aromatic heterocycles. The molecule has 2 aromatic carbocycles. The molecule has 0 unspecified atom stereocenters. The second kappa shape index (κ2) is 8.30. The van der Waals surface area contributed by atoms with Gasteiger partial charge in [-0.2, -0.15) is 0 Å². The lowest BCUT2D eigenvalue weighted by molar-refractivity contribution is -0.113. The number of hydrogen-bond donors (Lipinski definition) is 1. The van der Waals surface area contributed by atoms with Crippen molar-refractivity contribution in [1.29, 1.82) is 0 Å². The van der Waals surface area contributed by atoms with Crippen LogP contribution in [-0.4, -0.2) is 17.9 Å². The maximum absolute atomic E-state index is 12.1. The maximum atomic E-state index is 12.1. The molecule has 1 N–H and O–H groups in total. The van der Waals surface area contributed by atoms with Crippen LogP contribution in [0.3, 0.4) is 0 Å². The zero-order valence-corrected chi connectivity index (χ0v) is 14.8. The summed E-state index contributed by atoms with van der Waals surface area (Å²) in [6, 6.07) is 14.4. The van der Waals surface area contributed by atoms with Crippen LogP contribution in [0.25, 0.3) is 0 Å². The average Bonchev–Trinajstić information content (AvgIpc) is 2.46. The molecule has 0 aliphatic rings. The molecule has 2 aromatic rings. The summed E-state index contributed by atoms with van der Waals surface area (Å²) in [6.45, 7) is 4.21. The van der Waals surface area contributed by atoms with Crippen LogP contribution in [0.4, 0.5) is 5.69 Å². The van der Waals surface area contributed by atoms with E-state index >= 15 is 0 Å². The molecule has 0 atom stereocenters. The second-order valence-electron chi connectivity index (χ2n) is 5.24. The average molecular weight is 332 g/mol. The summed E-state index contributed by atoms with van der Waals surface area (Å²) in [7, 11) is 0. The molecular formula is C18H21NOS2. The third-order valence-electron chi connectivity index (χ3n) is 3.16. The Bertz CT molecular complexity index is 635. The number of para-hydroxylation sites is 1. The fourth-order valence-electron chi connectivity index (χ4n) is 2.35. The molecule has 0 saturated heterocycles. The highest BCUT2D eigenvalue weighted by molar-refractivity contribution is 7.99. The summed E-state index contributed by atoms with van der Waals surface area (Å²) in [5.41, 5.74) is 4.72. The number of thioether (sulfide) groups is 2. The third-order valence-corrected chi connectivity index (χ3v) is 4.96. The van der Waals surface area contributed by atoms with Crippen LogP contribution in [0.5, 0.6) is 0 Å². The minimum atomic E-state index is 0.0517. The van der Waals surface area contributed by atoms with E-state index in [9.17, 15) is 4.79 Å². The summed E-state index contributed by atoms with van der Waals surface area (Å²) in [5, 5.41) is 2.99. The molecule has 4 heteroatoms. The molecule has 22 heavy (non-hydrogen) atoms. The van der Waals surface area contributed by atoms with Gasteiger partial charge in [-0.05, 0) is 37.8 Å². The standard InChI is InChI=1S/C18H21NOS2/c1-13-8-14(2)10-15(9-13)11-22-12-18(20)19-16-6-4-5-7-17(16)21-3/h4-10H,11-12H2,1-3H3,(H,19,20). The van der Waals surface area contributed by atoms with Crippen LogP contribution in [-0.2, 0) is 10.5 Å². The van der Waals surface area contributed by atoms with Crippen molar-refractivity contribution >= 4 is 35.1 Å². The maximum Gasteiger partial charge on any atom is 0.234 e. The first-order valence-electron chi connectivity index (χ1n) is 7.16. The van der Waals surface area contributed by atoms with Crippen molar-refractivity contribution in [3.05, 3.63) is 59.2 Å². The predicted octanol–water partition coefficient (Wildman–Crippen LogP) is 4.90. The molecule has 0 radical (unpaired) electrons. The molecule has 0 aliphatic carbocycles. The Hall–Kier alpha value is -1.39. The van der Waals surface area contributed by atoms with Crippen molar-refractivity contribution in [2.75, 3.05) is 17.3 Å². The Labute approximate surface area is 141 Å². The van der Waals surface area contributed by atoms with Crippen molar-refractivity contribution in [2.24, 2.45) is 0 Å². The van der Waals surface area contributed by atoms with Crippen LogP contribution in [0.15, 0.2) is 47.4 Å². The van der Waals surface area contributed by atoms with Crippen molar-refractivity contribution in [2.45, 2.75) is 24.5 Å². The highest BCUT2D eigenvalue weighted by Crippen LogP contribution is 2.25. The predicted molar refractivity (Wildman–Crippen MR) is 98.9 cm³/mol. The molecule has 0 bridgehead atoms. The fourth-order valence-corrected chi connectivity index (χ4v) is 3.66. The first-order chi connectivity index (χ1) is 10.6. The van der Waals surface area contributed by atoms with Gasteiger partial charge in [-0.1, -0.05) is 41.5 Å². The highest BCUT2D eigenvalue weighted by atomic mass is 32.2. The van der Waals surface area contributed by atoms with E-state index in [-0.39, 0.29) is 5.91 Å². The highest BCUT2D eigenvalue weighted by Gasteiger charge is 2.06. The largest absolute Gasteiger partial charge is 0.324 e. The number of nitrogens with one attached hydrogen (secondary N) is 1. The number of rotatable bonds is 6. The van der Waals surface area contributed by atoms with E-state index in [1.165, 1.54) is 16.7 Å². The van der Waals surface area contributed by atoms with Crippen LogP contribution in [0, 0.1) is 13.8 Å². The zero-order valence-electron chi connectivity index (χ0n) is 13.2. The van der Waals surface area contributed by atoms with Crippen molar-refractivity contribution < 1.29 is 4.79 Å². The molecule has 0 spiro atoms. The van der Waals surface area contributed by atoms with E-state index < -0.39 is 0 Å². The van der Waals surface area contributed by atoms with Crippen LogP contribution < -0.4 is 5.32 Å². The number of aryl methyl sites for hydroxylation is 2. The Kier molecular flexibility index (Phi) is 6.40. The lowest BCUT2D eigenvalue weighted by atomic mass is 10.1. The Morgan fingerprint density at radius 1 is 1.09 bits per heavy atom. The van der Waals surface area contributed by atoms with Gasteiger partial charge in [-0.3, -0.25) is 4.79 Å². The van der Waals surface area contributed by atoms with Gasteiger partial charge in [-0.15, -0.1) is 23.5 Å². The van der Waals surface area contributed by atoms with Gasteiger partial charge in [0, 0.05) is 10.6 Å². The number of carbonyl (C=O) groups is 1. The van der Waals surface area contributed by atoms with E-state index in [1.54, 1.807) is 23.5 Å². The van der Waals surface area contributed by atoms with Gasteiger partial charge >= 0.3 is 0 Å². The summed E-state index contributed by atoms with van der Waals surface area (Å²) in [4.78, 5) is 13.2. The molecule has 2 rings (SSSR count). The molecule has 0 aliphatic heterocycles. The summed E-state index contributed by atoms with van der Waals surface area (Å²) < 4.78 is 0. The summed E-state index contributed by atoms with van der Waals surface area (Å²) in [6.07, 6.45) is 2.01.